The summed E-state index contributed by atoms with van der Waals surface area (Å²) in [5.41, 5.74) is 11.0. The molecule has 0 saturated carbocycles. The fraction of sp³-hybridized carbons (Fsp3) is 0.120. The van der Waals surface area contributed by atoms with E-state index in [0.717, 1.165) is 28.1 Å². The summed E-state index contributed by atoms with van der Waals surface area (Å²) in [4.78, 5) is 12.9. The van der Waals surface area contributed by atoms with Crippen LogP contribution in [-0.2, 0) is 13.6 Å². The van der Waals surface area contributed by atoms with Gasteiger partial charge in [0.05, 0.1) is 14.2 Å². The molecule has 0 bridgehead atoms. The predicted molar refractivity (Wildman–Crippen MR) is 118 cm³/mol. The average molecular weight is 398 g/mol. The van der Waals surface area contributed by atoms with Crippen molar-refractivity contribution in [1.82, 2.24) is 4.57 Å². The number of Topliss-reactive ketones (excluding diaryl/α,β-unsaturated/α-hetero) is 1. The number of aromatic nitrogens is 2. The molecule has 0 saturated heterocycles. The molecule has 0 atom stereocenters. The van der Waals surface area contributed by atoms with Crippen molar-refractivity contribution in [3.8, 4) is 28.1 Å². The number of nitrogens with zero attached hydrogens (tertiary/aromatic N) is 2. The summed E-state index contributed by atoms with van der Waals surface area (Å²) in [5.74, 6) is 1.30. The van der Waals surface area contributed by atoms with E-state index >= 15 is 0 Å². The van der Waals surface area contributed by atoms with Gasteiger partial charge < -0.3 is 4.74 Å². The van der Waals surface area contributed by atoms with Crippen molar-refractivity contribution in [2.45, 2.75) is 6.54 Å². The number of rotatable bonds is 6. The van der Waals surface area contributed by atoms with E-state index in [1.54, 1.807) is 11.7 Å². The number of benzene rings is 3. The van der Waals surface area contributed by atoms with Gasteiger partial charge in [0.15, 0.2) is 5.78 Å². The molecule has 5 heteroatoms. The third-order valence-corrected chi connectivity index (χ3v) is 5.27. The number of anilines is 1. The zero-order valence-corrected chi connectivity index (χ0v) is 17.1. The molecule has 5 nitrogen and oxygen atoms in total. The third kappa shape index (κ3) is 3.82. The van der Waals surface area contributed by atoms with Crippen molar-refractivity contribution >= 4 is 11.7 Å². The van der Waals surface area contributed by atoms with E-state index in [1.165, 1.54) is 0 Å². The molecule has 150 valence electrons. The van der Waals surface area contributed by atoms with Crippen LogP contribution in [-0.4, -0.2) is 17.5 Å². The lowest BCUT2D eigenvalue weighted by Gasteiger charge is -2.04. The molecule has 4 rings (SSSR count). The van der Waals surface area contributed by atoms with Crippen molar-refractivity contribution < 1.29 is 14.1 Å². The highest BCUT2D eigenvalue weighted by atomic mass is 16.5. The number of carbonyl (C=O) groups excluding carboxylic acids is 1. The average Bonchev–Trinajstić information content (AvgIpc) is 3.08. The van der Waals surface area contributed by atoms with Crippen LogP contribution >= 0.6 is 0 Å². The molecule has 3 aromatic carbocycles. The van der Waals surface area contributed by atoms with Crippen LogP contribution in [0.15, 0.2) is 85.1 Å². The molecule has 0 spiro atoms. The van der Waals surface area contributed by atoms with E-state index in [1.807, 2.05) is 84.5 Å². The molecular formula is C25H24N3O2+. The number of ketones is 1. The first-order chi connectivity index (χ1) is 14.6. The predicted octanol–water partition coefficient (Wildman–Crippen LogP) is 4.12. The van der Waals surface area contributed by atoms with Gasteiger partial charge in [0, 0.05) is 11.1 Å². The molecule has 30 heavy (non-hydrogen) atoms. The zero-order chi connectivity index (χ0) is 21.1. The molecule has 0 fully saturated rings. The molecule has 1 heterocycles. The fourth-order valence-electron chi connectivity index (χ4n) is 3.52. The highest BCUT2D eigenvalue weighted by molar-refractivity contribution is 5.95. The standard InChI is InChI=1S/C25H23N3O2/c1-27-23(21-9-6-10-22(15-21)30-2)16-28(25(27)26)17-24(29)20-13-11-19(12-14-20)18-7-4-3-5-8-18/h3-16,26H,17H2,1-2H3/p+1. The van der Waals surface area contributed by atoms with Gasteiger partial charge in [-0.3, -0.25) is 10.5 Å². The Bertz CT molecular complexity index is 1180. The van der Waals surface area contributed by atoms with E-state index in [-0.39, 0.29) is 12.3 Å². The normalized spacial score (nSPS) is 10.7. The Balaban J connectivity index is 1.56. The Morgan fingerprint density at radius 1 is 0.933 bits per heavy atom. The van der Waals surface area contributed by atoms with Crippen LogP contribution in [0, 0.1) is 0 Å². The minimum atomic E-state index is 0.00843. The highest BCUT2D eigenvalue weighted by Gasteiger charge is 2.20. The second-order valence-corrected chi connectivity index (χ2v) is 7.16. The largest absolute Gasteiger partial charge is 0.497 e. The van der Waals surface area contributed by atoms with Gasteiger partial charge in [-0.25, -0.2) is 9.13 Å². The summed E-state index contributed by atoms with van der Waals surface area (Å²) < 4.78 is 8.97. The molecule has 4 aromatic rings. The van der Waals surface area contributed by atoms with E-state index in [2.05, 4.69) is 12.1 Å². The van der Waals surface area contributed by atoms with Crippen molar-refractivity contribution in [3.05, 3.63) is 90.6 Å². The highest BCUT2D eigenvalue weighted by Crippen LogP contribution is 2.24. The number of hydrogen-bond donors (Lipinski definition) is 1. The molecular weight excluding hydrogens is 374 g/mol. The van der Waals surface area contributed by atoms with Gasteiger partial charge in [-0.05, 0) is 23.3 Å². The SMILES string of the molecule is COc1cccc(-c2c[n+](CC(=O)c3ccc(-c4ccccc4)cc3)c(N)n2C)c1. The molecule has 0 aliphatic rings. The van der Waals surface area contributed by atoms with Gasteiger partial charge >= 0.3 is 5.95 Å². The van der Waals surface area contributed by atoms with E-state index < -0.39 is 0 Å². The molecule has 1 aromatic heterocycles. The van der Waals surface area contributed by atoms with Gasteiger partial charge in [-0.1, -0.05) is 66.7 Å². The van der Waals surface area contributed by atoms with Gasteiger partial charge in [0.25, 0.3) is 0 Å². The van der Waals surface area contributed by atoms with Crippen LogP contribution < -0.4 is 15.0 Å². The van der Waals surface area contributed by atoms with Crippen molar-refractivity contribution in [3.63, 3.8) is 0 Å². The summed E-state index contributed by atoms with van der Waals surface area (Å²) in [6.07, 6.45) is 1.90. The maximum absolute atomic E-state index is 12.9. The van der Waals surface area contributed by atoms with Gasteiger partial charge in [-0.2, -0.15) is 0 Å². The summed E-state index contributed by atoms with van der Waals surface area (Å²) >= 11 is 0. The number of methoxy groups -OCH3 is 1. The molecule has 0 aliphatic carbocycles. The summed E-state index contributed by atoms with van der Waals surface area (Å²) in [6, 6.07) is 25.6. The molecule has 0 unspecified atom stereocenters. The summed E-state index contributed by atoms with van der Waals surface area (Å²) in [5, 5.41) is 0. The van der Waals surface area contributed by atoms with Gasteiger partial charge in [0.2, 0.25) is 0 Å². The fourth-order valence-corrected chi connectivity index (χ4v) is 3.52. The second kappa shape index (κ2) is 8.25. The third-order valence-electron chi connectivity index (χ3n) is 5.27. The zero-order valence-electron chi connectivity index (χ0n) is 17.1. The topological polar surface area (TPSA) is 61.1 Å². The van der Waals surface area contributed by atoms with Crippen LogP contribution in [0.3, 0.4) is 0 Å². The minimum absolute atomic E-state index is 0.00843. The number of nitrogen functional groups attached to an aromatic ring is 1. The number of nitrogens with two attached hydrogens (primary N) is 1. The van der Waals surface area contributed by atoms with Crippen LogP contribution in [0.4, 0.5) is 5.95 Å². The smallest absolute Gasteiger partial charge is 0.355 e. The lowest BCUT2D eigenvalue weighted by atomic mass is 10.0. The summed E-state index contributed by atoms with van der Waals surface area (Å²) in [6.45, 7) is 0.175. The van der Waals surface area contributed by atoms with E-state index in [9.17, 15) is 4.79 Å². The first-order valence-electron chi connectivity index (χ1n) is 9.74. The summed E-state index contributed by atoms with van der Waals surface area (Å²) in [7, 11) is 3.53. The van der Waals surface area contributed by atoms with Crippen LogP contribution in [0.1, 0.15) is 10.4 Å². The Hall–Kier alpha value is -3.86. The van der Waals surface area contributed by atoms with Gasteiger partial charge in [0.1, 0.15) is 24.2 Å². The molecule has 0 amide bonds. The lowest BCUT2D eigenvalue weighted by molar-refractivity contribution is -0.667. The Kier molecular flexibility index (Phi) is 5.35. The van der Waals surface area contributed by atoms with Crippen molar-refractivity contribution in [1.29, 1.82) is 0 Å². The maximum Gasteiger partial charge on any atom is 0.355 e. The van der Waals surface area contributed by atoms with Crippen LogP contribution in [0.2, 0.25) is 0 Å². The minimum Gasteiger partial charge on any atom is -0.497 e. The number of ether oxygens (including phenoxy) is 1. The van der Waals surface area contributed by atoms with Crippen LogP contribution in [0.25, 0.3) is 22.4 Å². The number of carbonyl (C=O) groups is 1. The Labute approximate surface area is 176 Å². The number of imidazole rings is 1. The Morgan fingerprint density at radius 3 is 2.30 bits per heavy atom. The first-order valence-corrected chi connectivity index (χ1v) is 9.74. The second-order valence-electron chi connectivity index (χ2n) is 7.16. The maximum atomic E-state index is 12.9. The quantitative estimate of drug-likeness (QED) is 0.393. The lowest BCUT2D eigenvalue weighted by Crippen LogP contribution is -2.39. The van der Waals surface area contributed by atoms with Crippen molar-refractivity contribution in [2.24, 2.45) is 7.05 Å². The van der Waals surface area contributed by atoms with Gasteiger partial charge in [-0.15, -0.1) is 0 Å². The molecule has 2 N–H and O–H groups in total. The van der Waals surface area contributed by atoms with E-state index in [0.29, 0.717) is 11.5 Å². The number of hydrogen-bond acceptors (Lipinski definition) is 3. The Morgan fingerprint density at radius 2 is 1.60 bits per heavy atom. The van der Waals surface area contributed by atoms with Crippen LogP contribution in [0.5, 0.6) is 5.75 Å². The molecule has 0 aliphatic heterocycles. The monoisotopic (exact) mass is 398 g/mol. The first kappa shape index (κ1) is 19.5. The molecule has 0 radical (unpaired) electrons. The van der Waals surface area contributed by atoms with Crippen molar-refractivity contribution in [2.75, 3.05) is 12.8 Å². The van der Waals surface area contributed by atoms with E-state index in [4.69, 9.17) is 10.5 Å².